The fourth-order valence-corrected chi connectivity index (χ4v) is 4.03. The summed E-state index contributed by atoms with van der Waals surface area (Å²) in [5, 5.41) is 22.2. The molecule has 0 aliphatic carbocycles. The van der Waals surface area contributed by atoms with Crippen LogP contribution in [0.15, 0.2) is 60.7 Å². The topological polar surface area (TPSA) is 247 Å². The molecule has 2 aromatic rings. The smallest absolute Gasteiger partial charge is 0.405 e. The molecule has 2 rings (SSSR count). The highest BCUT2D eigenvalue weighted by Crippen LogP contribution is 2.11. The van der Waals surface area contributed by atoms with E-state index in [9.17, 15) is 28.8 Å². The van der Waals surface area contributed by atoms with Gasteiger partial charge in [0, 0.05) is 0 Å². The fraction of sp³-hybridized carbons (Fsp3) is 0.400. The summed E-state index contributed by atoms with van der Waals surface area (Å²) in [7, 11) is 0. The molecule has 244 valence electrons. The van der Waals surface area contributed by atoms with E-state index in [4.69, 9.17) is 35.9 Å². The van der Waals surface area contributed by atoms with Crippen LogP contribution in [-0.2, 0) is 46.6 Å². The Balaban J connectivity index is 1.84. The van der Waals surface area contributed by atoms with Crippen LogP contribution in [-0.4, -0.2) is 70.4 Å². The summed E-state index contributed by atoms with van der Waals surface area (Å²) < 4.78 is 15.1. The molecule has 0 fully saturated rings. The molecule has 2 aromatic carbocycles. The summed E-state index contributed by atoms with van der Waals surface area (Å²) in [6.45, 7) is 0.0294. The van der Waals surface area contributed by atoms with Gasteiger partial charge in [-0.1, -0.05) is 60.7 Å². The number of rotatable bonds is 18. The molecule has 2 unspecified atom stereocenters. The van der Waals surface area contributed by atoms with Gasteiger partial charge in [-0.05, 0) is 49.7 Å². The molecule has 0 saturated heterocycles. The third kappa shape index (κ3) is 14.3. The van der Waals surface area contributed by atoms with Crippen LogP contribution in [0.4, 0.5) is 9.59 Å². The van der Waals surface area contributed by atoms with Crippen molar-refractivity contribution in [3.05, 3.63) is 71.8 Å². The Morgan fingerprint density at radius 2 is 0.933 bits per heavy atom. The maximum absolute atomic E-state index is 12.7. The summed E-state index contributed by atoms with van der Waals surface area (Å²) in [4.78, 5) is 72.2. The molecule has 0 heterocycles. The number of ether oxygens (including phenoxy) is 3. The summed E-state index contributed by atoms with van der Waals surface area (Å²) in [5.41, 5.74) is 13.2. The number of nitrogens with one attached hydrogen (secondary N) is 2. The second kappa shape index (κ2) is 19.3. The molecule has 0 radical (unpaired) electrons. The molecule has 0 aliphatic heterocycles. The lowest BCUT2D eigenvalue weighted by atomic mass is 10.1. The van der Waals surface area contributed by atoms with Gasteiger partial charge in [0.2, 0.25) is 0 Å². The maximum Gasteiger partial charge on any atom is 0.405 e. The van der Waals surface area contributed by atoms with Crippen molar-refractivity contribution in [2.45, 2.75) is 75.9 Å². The largest absolute Gasteiger partial charge is 0.465 e. The van der Waals surface area contributed by atoms with Gasteiger partial charge in [-0.25, -0.2) is 19.2 Å². The van der Waals surface area contributed by atoms with Crippen molar-refractivity contribution in [2.75, 3.05) is 0 Å². The van der Waals surface area contributed by atoms with Gasteiger partial charge >= 0.3 is 36.1 Å². The van der Waals surface area contributed by atoms with E-state index in [-0.39, 0.29) is 51.7 Å². The zero-order valence-corrected chi connectivity index (χ0v) is 24.5. The van der Waals surface area contributed by atoms with E-state index < -0.39 is 60.2 Å². The van der Waals surface area contributed by atoms with E-state index in [2.05, 4.69) is 0 Å². The summed E-state index contributed by atoms with van der Waals surface area (Å²) in [6, 6.07) is 12.7. The highest BCUT2D eigenvalue weighted by atomic mass is 16.6. The summed E-state index contributed by atoms with van der Waals surface area (Å²) >= 11 is 0. The number of esters is 4. The molecule has 0 bridgehead atoms. The molecule has 0 saturated carbocycles. The molecular formula is C30H38N4O11. The Hall–Kier alpha value is -5.02. The number of carbonyl (C=O) groups excluding carboxylic acids is 4. The van der Waals surface area contributed by atoms with Crippen LogP contribution in [0.25, 0.3) is 0 Å². The molecule has 0 spiro atoms. The van der Waals surface area contributed by atoms with Crippen molar-refractivity contribution < 1.29 is 53.2 Å². The third-order valence-corrected chi connectivity index (χ3v) is 6.43. The Labute approximate surface area is 259 Å². The van der Waals surface area contributed by atoms with Crippen molar-refractivity contribution in [2.24, 2.45) is 11.5 Å². The predicted molar refractivity (Wildman–Crippen MR) is 157 cm³/mol. The number of nitrogens with two attached hydrogens (primary N) is 2. The number of hydrogen-bond donors (Lipinski definition) is 6. The van der Waals surface area contributed by atoms with E-state index in [0.29, 0.717) is 0 Å². The molecule has 0 aliphatic rings. The standard InChI is InChI=1S/C30H38N4O11/c31-21(25(35)43-17-19-9-3-1-4-10-19)13-7-15-23(33-29(39)40)27(37)45-28(38)24(34-30(41)42)16-8-14-22(32)26(36)44-18-20-11-5-2-6-12-20/h1-6,9-12,21-24,33-34H,7-8,13-18,31-32H2,(H,39,40)(H,41,42)/t21?,22?,23-,24-/m0/s1. The molecular weight excluding hydrogens is 592 g/mol. The van der Waals surface area contributed by atoms with Gasteiger partial charge in [0.15, 0.2) is 0 Å². The van der Waals surface area contributed by atoms with Gasteiger partial charge in [-0.3, -0.25) is 9.59 Å². The molecule has 8 N–H and O–H groups in total. The highest BCUT2D eigenvalue weighted by molar-refractivity contribution is 5.93. The predicted octanol–water partition coefficient (Wildman–Crippen LogP) is 1.81. The molecule has 45 heavy (non-hydrogen) atoms. The van der Waals surface area contributed by atoms with Crippen molar-refractivity contribution in [1.29, 1.82) is 0 Å². The van der Waals surface area contributed by atoms with Crippen LogP contribution < -0.4 is 22.1 Å². The second-order valence-electron chi connectivity index (χ2n) is 10.0. The van der Waals surface area contributed by atoms with Crippen molar-refractivity contribution in [3.8, 4) is 0 Å². The number of carboxylic acid groups (broad SMARTS) is 2. The molecule has 4 atom stereocenters. The van der Waals surface area contributed by atoms with Gasteiger partial charge in [0.1, 0.15) is 37.4 Å². The molecule has 15 heteroatoms. The first kappa shape index (κ1) is 36.2. The maximum atomic E-state index is 12.7. The fourth-order valence-electron chi connectivity index (χ4n) is 4.03. The van der Waals surface area contributed by atoms with E-state index in [1.165, 1.54) is 0 Å². The molecule has 15 nitrogen and oxygen atoms in total. The lowest BCUT2D eigenvalue weighted by Crippen LogP contribution is -2.46. The van der Waals surface area contributed by atoms with Crippen LogP contribution in [0.1, 0.15) is 49.7 Å². The SMILES string of the molecule is NC(CCC[C@H](NC(=O)O)C(=O)OC(=O)[C@H](CCCC(N)C(=O)OCc1ccccc1)NC(=O)O)C(=O)OCc1ccccc1. The average molecular weight is 631 g/mol. The highest BCUT2D eigenvalue weighted by Gasteiger charge is 2.30. The Morgan fingerprint density at radius 3 is 1.27 bits per heavy atom. The van der Waals surface area contributed by atoms with Crippen molar-refractivity contribution >= 4 is 36.1 Å². The van der Waals surface area contributed by atoms with E-state index in [1.54, 1.807) is 48.5 Å². The third-order valence-electron chi connectivity index (χ3n) is 6.43. The minimum Gasteiger partial charge on any atom is -0.465 e. The van der Waals surface area contributed by atoms with Gasteiger partial charge < -0.3 is 46.5 Å². The van der Waals surface area contributed by atoms with Gasteiger partial charge in [0.25, 0.3) is 0 Å². The second-order valence-corrected chi connectivity index (χ2v) is 10.0. The zero-order valence-electron chi connectivity index (χ0n) is 24.5. The van der Waals surface area contributed by atoms with Crippen molar-refractivity contribution in [3.63, 3.8) is 0 Å². The van der Waals surface area contributed by atoms with Crippen LogP contribution in [0, 0.1) is 0 Å². The van der Waals surface area contributed by atoms with Crippen LogP contribution in [0.2, 0.25) is 0 Å². The number of benzene rings is 2. The molecule has 0 aromatic heterocycles. The monoisotopic (exact) mass is 630 g/mol. The number of carbonyl (C=O) groups is 6. The Bertz CT molecular complexity index is 1180. The zero-order chi connectivity index (χ0) is 33.2. The Morgan fingerprint density at radius 1 is 0.578 bits per heavy atom. The minimum absolute atomic E-state index is 0.0147. The Kier molecular flexibility index (Phi) is 15.5. The minimum atomic E-state index is -1.58. The normalized spacial score (nSPS) is 13.3. The number of amides is 2. The summed E-state index contributed by atoms with van der Waals surface area (Å²) in [5.74, 6) is -3.93. The van der Waals surface area contributed by atoms with E-state index in [0.717, 1.165) is 11.1 Å². The molecule has 2 amide bonds. The van der Waals surface area contributed by atoms with E-state index >= 15 is 0 Å². The van der Waals surface area contributed by atoms with Crippen molar-refractivity contribution in [1.82, 2.24) is 10.6 Å². The lowest BCUT2D eigenvalue weighted by molar-refractivity contribution is -0.162. The first-order chi connectivity index (χ1) is 21.5. The van der Waals surface area contributed by atoms with Crippen LogP contribution in [0.5, 0.6) is 0 Å². The van der Waals surface area contributed by atoms with E-state index in [1.807, 2.05) is 22.8 Å². The van der Waals surface area contributed by atoms with Gasteiger partial charge in [-0.2, -0.15) is 0 Å². The number of hydrogen-bond acceptors (Lipinski definition) is 11. The van der Waals surface area contributed by atoms with Gasteiger partial charge in [-0.15, -0.1) is 0 Å². The average Bonchev–Trinajstić information content (AvgIpc) is 3.01. The lowest BCUT2D eigenvalue weighted by Gasteiger charge is -2.19. The summed E-state index contributed by atoms with van der Waals surface area (Å²) in [6.07, 6.45) is -3.32. The first-order valence-corrected chi connectivity index (χ1v) is 14.1. The quantitative estimate of drug-likeness (QED) is 0.0782. The van der Waals surface area contributed by atoms with Gasteiger partial charge in [0.05, 0.1) is 0 Å². The van der Waals surface area contributed by atoms with Crippen LogP contribution >= 0.6 is 0 Å². The van der Waals surface area contributed by atoms with Crippen LogP contribution in [0.3, 0.4) is 0 Å². The first-order valence-electron chi connectivity index (χ1n) is 14.1.